The third kappa shape index (κ3) is 3.51. The second kappa shape index (κ2) is 6.29. The largest absolute Gasteiger partial charge is 0.393 e. The summed E-state index contributed by atoms with van der Waals surface area (Å²) in [5, 5.41) is 13.2. The molecule has 100 valence electrons. The molecular weight excluding hydrogens is 240 g/mol. The maximum atomic E-state index is 11.9. The van der Waals surface area contributed by atoms with Crippen molar-refractivity contribution in [1.82, 2.24) is 10.3 Å². The number of aliphatic hydroxyl groups excluding tert-OH is 1. The summed E-state index contributed by atoms with van der Waals surface area (Å²) >= 11 is 0. The smallest absolute Gasteiger partial charge is 0.269 e. The molecule has 0 bridgehead atoms. The van der Waals surface area contributed by atoms with E-state index in [1.165, 1.54) is 0 Å². The van der Waals surface area contributed by atoms with Crippen LogP contribution in [0.25, 0.3) is 10.9 Å². The average Bonchev–Trinajstić information content (AvgIpc) is 2.46. The number of rotatable bonds is 5. The monoisotopic (exact) mass is 258 g/mol. The van der Waals surface area contributed by atoms with Gasteiger partial charge in [0.05, 0.1) is 11.6 Å². The Morgan fingerprint density at radius 1 is 1.32 bits per heavy atom. The first-order chi connectivity index (χ1) is 9.20. The first-order valence-electron chi connectivity index (χ1n) is 6.52. The van der Waals surface area contributed by atoms with Crippen molar-refractivity contribution in [3.8, 4) is 0 Å². The molecule has 0 aliphatic heterocycles. The van der Waals surface area contributed by atoms with Gasteiger partial charge in [0, 0.05) is 11.9 Å². The van der Waals surface area contributed by atoms with E-state index in [0.29, 0.717) is 25.1 Å². The number of para-hydroxylation sites is 1. The molecule has 1 amide bonds. The Labute approximate surface area is 112 Å². The number of carbonyl (C=O) groups is 1. The summed E-state index contributed by atoms with van der Waals surface area (Å²) in [7, 11) is 0. The number of amides is 1. The van der Waals surface area contributed by atoms with E-state index in [1.54, 1.807) is 6.07 Å². The topological polar surface area (TPSA) is 62.2 Å². The Balaban J connectivity index is 2.01. The summed E-state index contributed by atoms with van der Waals surface area (Å²) in [6.07, 6.45) is 0.907. The van der Waals surface area contributed by atoms with Crippen LogP contribution in [0.4, 0.5) is 0 Å². The second-order valence-electron chi connectivity index (χ2n) is 4.50. The van der Waals surface area contributed by atoms with E-state index < -0.39 is 0 Å². The molecule has 0 aliphatic carbocycles. The zero-order chi connectivity index (χ0) is 13.7. The van der Waals surface area contributed by atoms with Gasteiger partial charge >= 0.3 is 0 Å². The van der Waals surface area contributed by atoms with Crippen molar-refractivity contribution in [1.29, 1.82) is 0 Å². The molecule has 0 radical (unpaired) electrons. The predicted octanol–water partition coefficient (Wildman–Crippen LogP) is 2.13. The van der Waals surface area contributed by atoms with Gasteiger partial charge in [0.1, 0.15) is 5.69 Å². The van der Waals surface area contributed by atoms with Crippen LogP contribution in [0.2, 0.25) is 0 Å². The summed E-state index contributed by atoms with van der Waals surface area (Å²) in [5.41, 5.74) is 1.22. The Bertz CT molecular complexity index is 569. The summed E-state index contributed by atoms with van der Waals surface area (Å²) in [5.74, 6) is -0.200. The molecule has 1 aromatic heterocycles. The quantitative estimate of drug-likeness (QED) is 0.863. The molecule has 2 N–H and O–H groups in total. The first kappa shape index (κ1) is 13.5. The lowest BCUT2D eigenvalue weighted by molar-refractivity contribution is 0.0937. The number of pyridine rings is 1. The fraction of sp³-hybridized carbons (Fsp3) is 0.333. The van der Waals surface area contributed by atoms with Crippen LogP contribution >= 0.6 is 0 Å². The third-order valence-electron chi connectivity index (χ3n) is 3.07. The maximum absolute atomic E-state index is 11.9. The predicted molar refractivity (Wildman–Crippen MR) is 75.0 cm³/mol. The van der Waals surface area contributed by atoms with Gasteiger partial charge in [0.25, 0.3) is 5.91 Å². The molecule has 1 atom stereocenters. The van der Waals surface area contributed by atoms with Crippen molar-refractivity contribution < 1.29 is 9.90 Å². The molecule has 4 nitrogen and oxygen atoms in total. The second-order valence-corrected chi connectivity index (χ2v) is 4.50. The summed E-state index contributed by atoms with van der Waals surface area (Å²) < 4.78 is 0. The molecule has 0 fully saturated rings. The van der Waals surface area contributed by atoms with E-state index in [4.69, 9.17) is 0 Å². The van der Waals surface area contributed by atoms with E-state index in [2.05, 4.69) is 10.3 Å². The summed E-state index contributed by atoms with van der Waals surface area (Å²) in [6.45, 7) is 2.37. The number of aromatic nitrogens is 1. The number of hydrogen-bond acceptors (Lipinski definition) is 3. The first-order valence-corrected chi connectivity index (χ1v) is 6.52. The van der Waals surface area contributed by atoms with E-state index in [9.17, 15) is 9.90 Å². The van der Waals surface area contributed by atoms with E-state index in [1.807, 2.05) is 37.3 Å². The molecule has 0 spiro atoms. The highest BCUT2D eigenvalue weighted by molar-refractivity contribution is 5.94. The molecule has 0 aliphatic rings. The van der Waals surface area contributed by atoms with Crippen LogP contribution in [0.5, 0.6) is 0 Å². The average molecular weight is 258 g/mol. The molecule has 0 saturated heterocycles. The van der Waals surface area contributed by atoms with Crippen molar-refractivity contribution in [3.05, 3.63) is 42.1 Å². The van der Waals surface area contributed by atoms with E-state index in [-0.39, 0.29) is 12.0 Å². The van der Waals surface area contributed by atoms with Crippen LogP contribution in [0, 0.1) is 0 Å². The van der Waals surface area contributed by atoms with Crippen molar-refractivity contribution in [2.75, 3.05) is 6.54 Å². The normalized spacial score (nSPS) is 12.3. The van der Waals surface area contributed by atoms with Gasteiger partial charge in [-0.2, -0.15) is 0 Å². The van der Waals surface area contributed by atoms with Gasteiger partial charge in [-0.3, -0.25) is 4.79 Å². The van der Waals surface area contributed by atoms with Crippen molar-refractivity contribution in [2.45, 2.75) is 25.9 Å². The Kier molecular flexibility index (Phi) is 4.47. The Morgan fingerprint density at radius 2 is 2.11 bits per heavy atom. The van der Waals surface area contributed by atoms with Crippen LogP contribution in [-0.2, 0) is 0 Å². The lowest BCUT2D eigenvalue weighted by atomic mass is 10.2. The van der Waals surface area contributed by atoms with Gasteiger partial charge in [0.2, 0.25) is 0 Å². The molecule has 2 aromatic rings. The third-order valence-corrected chi connectivity index (χ3v) is 3.07. The number of hydrogen-bond donors (Lipinski definition) is 2. The number of aliphatic hydroxyl groups is 1. The minimum absolute atomic E-state index is 0.200. The van der Waals surface area contributed by atoms with Gasteiger partial charge < -0.3 is 10.4 Å². The number of nitrogens with one attached hydrogen (secondary N) is 1. The Hall–Kier alpha value is -1.94. The van der Waals surface area contributed by atoms with Gasteiger partial charge in [-0.15, -0.1) is 0 Å². The fourth-order valence-electron chi connectivity index (χ4n) is 1.84. The van der Waals surface area contributed by atoms with Crippen LogP contribution < -0.4 is 5.32 Å². The maximum Gasteiger partial charge on any atom is 0.269 e. The van der Waals surface area contributed by atoms with Crippen molar-refractivity contribution in [2.24, 2.45) is 0 Å². The molecule has 0 saturated carbocycles. The fourth-order valence-corrected chi connectivity index (χ4v) is 1.84. The zero-order valence-electron chi connectivity index (χ0n) is 11.0. The lowest BCUT2D eigenvalue weighted by Gasteiger charge is -2.08. The van der Waals surface area contributed by atoms with E-state index in [0.717, 1.165) is 10.9 Å². The molecular formula is C15H18N2O2. The highest BCUT2D eigenvalue weighted by Crippen LogP contribution is 2.11. The van der Waals surface area contributed by atoms with Crippen LogP contribution in [-0.4, -0.2) is 28.6 Å². The van der Waals surface area contributed by atoms with Gasteiger partial charge in [-0.25, -0.2) is 4.98 Å². The number of nitrogens with zero attached hydrogens (tertiary/aromatic N) is 1. The van der Waals surface area contributed by atoms with Crippen LogP contribution in [0.1, 0.15) is 30.3 Å². The number of carbonyl (C=O) groups excluding carboxylic acids is 1. The highest BCUT2D eigenvalue weighted by Gasteiger charge is 2.08. The van der Waals surface area contributed by atoms with Gasteiger partial charge in [0.15, 0.2) is 0 Å². The van der Waals surface area contributed by atoms with Crippen LogP contribution in [0.15, 0.2) is 36.4 Å². The lowest BCUT2D eigenvalue weighted by Crippen LogP contribution is -2.27. The summed E-state index contributed by atoms with van der Waals surface area (Å²) in [6, 6.07) is 11.3. The zero-order valence-corrected chi connectivity index (χ0v) is 11.0. The molecule has 4 heteroatoms. The van der Waals surface area contributed by atoms with Crippen molar-refractivity contribution in [3.63, 3.8) is 0 Å². The molecule has 19 heavy (non-hydrogen) atoms. The van der Waals surface area contributed by atoms with E-state index >= 15 is 0 Å². The molecule has 1 heterocycles. The highest BCUT2D eigenvalue weighted by atomic mass is 16.3. The number of benzene rings is 1. The standard InChI is InChI=1S/C15H18N2O2/c1-2-12(18)9-10-16-15(19)14-8-7-11-5-3-4-6-13(11)17-14/h3-8,12,18H,2,9-10H2,1H3,(H,16,19). The molecule has 1 unspecified atom stereocenters. The van der Waals surface area contributed by atoms with Gasteiger partial charge in [-0.1, -0.05) is 31.2 Å². The van der Waals surface area contributed by atoms with Crippen molar-refractivity contribution >= 4 is 16.8 Å². The summed E-state index contributed by atoms with van der Waals surface area (Å²) in [4.78, 5) is 16.2. The SMILES string of the molecule is CCC(O)CCNC(=O)c1ccc2ccccc2n1. The minimum Gasteiger partial charge on any atom is -0.393 e. The van der Waals surface area contributed by atoms with Gasteiger partial charge in [-0.05, 0) is 25.0 Å². The molecule has 1 aromatic carbocycles. The minimum atomic E-state index is -0.357. The van der Waals surface area contributed by atoms with Crippen LogP contribution in [0.3, 0.4) is 0 Å². The molecule has 2 rings (SSSR count). The Morgan fingerprint density at radius 3 is 2.89 bits per heavy atom. The number of fused-ring (bicyclic) bond motifs is 1.